The minimum absolute atomic E-state index is 0.745. The first kappa shape index (κ1) is 11.1. The maximum atomic E-state index is 6.23. The van der Waals surface area contributed by atoms with Crippen LogP contribution in [0.2, 0.25) is 0 Å². The van der Waals surface area contributed by atoms with Gasteiger partial charge >= 0.3 is 0 Å². The lowest BCUT2D eigenvalue weighted by molar-refractivity contribution is 0.742. The maximum Gasteiger partial charge on any atom is 0.134 e. The van der Waals surface area contributed by atoms with Gasteiger partial charge in [0.15, 0.2) is 0 Å². The van der Waals surface area contributed by atoms with Crippen molar-refractivity contribution in [3.63, 3.8) is 0 Å². The largest absolute Gasteiger partial charge is 0.383 e. The Morgan fingerprint density at radius 3 is 2.67 bits per heavy atom. The van der Waals surface area contributed by atoms with Crippen molar-refractivity contribution in [3.05, 3.63) is 48.2 Å². The molecule has 0 radical (unpaired) electrons. The van der Waals surface area contributed by atoms with E-state index in [0.717, 1.165) is 29.9 Å². The summed E-state index contributed by atoms with van der Waals surface area (Å²) in [7, 11) is 0. The van der Waals surface area contributed by atoms with Crippen LogP contribution in [-0.4, -0.2) is 9.78 Å². The molecule has 1 aliphatic carbocycles. The maximum absolute atomic E-state index is 6.23. The van der Waals surface area contributed by atoms with E-state index < -0.39 is 0 Å². The van der Waals surface area contributed by atoms with Crippen molar-refractivity contribution < 1.29 is 0 Å². The smallest absolute Gasteiger partial charge is 0.134 e. The van der Waals surface area contributed by atoms with Gasteiger partial charge in [-0.2, -0.15) is 5.10 Å². The fraction of sp³-hybridized carbons (Fsp3) is 0.267. The molecule has 0 amide bonds. The Balaban J connectivity index is 2.00. The van der Waals surface area contributed by atoms with E-state index in [1.165, 1.54) is 18.4 Å². The number of benzene rings is 1. The number of nitrogens with zero attached hydrogens (tertiary/aromatic N) is 2. The summed E-state index contributed by atoms with van der Waals surface area (Å²) in [5, 5.41) is 4.41. The van der Waals surface area contributed by atoms with Crippen molar-refractivity contribution in [2.75, 3.05) is 5.73 Å². The Hall–Kier alpha value is -2.03. The molecule has 3 nitrogen and oxygen atoms in total. The van der Waals surface area contributed by atoms with Crippen LogP contribution >= 0.6 is 0 Å². The van der Waals surface area contributed by atoms with Crippen molar-refractivity contribution >= 4 is 11.4 Å². The standard InChI is InChI=1S/C15H17N3/c16-15-14(12-7-3-1-4-8-12)11-17-18(15)13-9-5-2-6-10-13/h2,5-7,9-11H,1,3-4,8,16H2. The van der Waals surface area contributed by atoms with Crippen LogP contribution in [0.3, 0.4) is 0 Å². The Morgan fingerprint density at radius 2 is 1.94 bits per heavy atom. The van der Waals surface area contributed by atoms with Crippen molar-refractivity contribution in [2.45, 2.75) is 25.7 Å². The summed E-state index contributed by atoms with van der Waals surface area (Å²) in [6.07, 6.45) is 9.00. The van der Waals surface area contributed by atoms with Gasteiger partial charge in [0.25, 0.3) is 0 Å². The van der Waals surface area contributed by atoms with Gasteiger partial charge in [-0.3, -0.25) is 0 Å². The molecule has 0 spiro atoms. The molecule has 0 unspecified atom stereocenters. The second-order valence-corrected chi connectivity index (χ2v) is 4.67. The van der Waals surface area contributed by atoms with Crippen LogP contribution in [0.15, 0.2) is 42.6 Å². The number of hydrogen-bond acceptors (Lipinski definition) is 2. The van der Waals surface area contributed by atoms with Crippen LogP contribution in [0, 0.1) is 0 Å². The SMILES string of the molecule is Nc1c(C2=CCCCC2)cnn1-c1ccccc1. The van der Waals surface area contributed by atoms with Crippen LogP contribution in [0.5, 0.6) is 0 Å². The minimum Gasteiger partial charge on any atom is -0.383 e. The number of anilines is 1. The van der Waals surface area contributed by atoms with Crippen LogP contribution in [0.1, 0.15) is 31.2 Å². The van der Waals surface area contributed by atoms with E-state index in [0.29, 0.717) is 0 Å². The normalized spacial score (nSPS) is 15.4. The van der Waals surface area contributed by atoms with Gasteiger partial charge in [-0.05, 0) is 43.4 Å². The zero-order chi connectivity index (χ0) is 12.4. The first-order valence-electron chi connectivity index (χ1n) is 6.44. The number of rotatable bonds is 2. The average Bonchev–Trinajstić information content (AvgIpc) is 2.83. The molecule has 0 saturated carbocycles. The Labute approximate surface area is 107 Å². The molecule has 3 heteroatoms. The first-order valence-corrected chi connectivity index (χ1v) is 6.44. The third-order valence-corrected chi connectivity index (χ3v) is 3.44. The van der Waals surface area contributed by atoms with E-state index in [1.807, 2.05) is 41.2 Å². The number of para-hydroxylation sites is 1. The molecule has 92 valence electrons. The van der Waals surface area contributed by atoms with Gasteiger partial charge in [0, 0.05) is 5.56 Å². The van der Waals surface area contributed by atoms with Gasteiger partial charge in [-0.1, -0.05) is 24.3 Å². The summed E-state index contributed by atoms with van der Waals surface area (Å²) < 4.78 is 1.81. The Bertz CT molecular complexity index is 567. The van der Waals surface area contributed by atoms with Crippen LogP contribution in [0.4, 0.5) is 5.82 Å². The van der Waals surface area contributed by atoms with E-state index >= 15 is 0 Å². The molecule has 2 N–H and O–H groups in total. The molecule has 0 fully saturated rings. The third kappa shape index (κ3) is 1.92. The molecule has 18 heavy (non-hydrogen) atoms. The van der Waals surface area contributed by atoms with E-state index in [-0.39, 0.29) is 0 Å². The monoisotopic (exact) mass is 239 g/mol. The molecule has 0 aliphatic heterocycles. The highest BCUT2D eigenvalue weighted by Gasteiger charge is 2.14. The summed E-state index contributed by atoms with van der Waals surface area (Å²) in [5.41, 5.74) is 9.68. The number of allylic oxidation sites excluding steroid dienone is 2. The minimum atomic E-state index is 0.745. The molecular formula is C15H17N3. The van der Waals surface area contributed by atoms with Crippen molar-refractivity contribution in [1.82, 2.24) is 9.78 Å². The van der Waals surface area contributed by atoms with Crippen molar-refractivity contribution in [1.29, 1.82) is 0 Å². The predicted molar refractivity (Wildman–Crippen MR) is 74.4 cm³/mol. The van der Waals surface area contributed by atoms with Gasteiger partial charge < -0.3 is 5.73 Å². The first-order chi connectivity index (χ1) is 8.86. The highest BCUT2D eigenvalue weighted by molar-refractivity contribution is 5.74. The Morgan fingerprint density at radius 1 is 1.11 bits per heavy atom. The molecule has 0 atom stereocenters. The van der Waals surface area contributed by atoms with Gasteiger partial charge in [-0.25, -0.2) is 4.68 Å². The number of aromatic nitrogens is 2. The molecule has 0 saturated heterocycles. The fourth-order valence-corrected chi connectivity index (χ4v) is 2.46. The number of nitrogen functional groups attached to an aromatic ring is 1. The molecule has 1 aromatic carbocycles. The fourth-order valence-electron chi connectivity index (χ4n) is 2.46. The van der Waals surface area contributed by atoms with Crippen molar-refractivity contribution in [2.24, 2.45) is 0 Å². The molecule has 1 heterocycles. The Kier molecular flexibility index (Phi) is 2.89. The molecule has 0 bridgehead atoms. The zero-order valence-corrected chi connectivity index (χ0v) is 10.3. The summed E-state index contributed by atoms with van der Waals surface area (Å²) in [5.74, 6) is 0.745. The molecular weight excluding hydrogens is 222 g/mol. The van der Waals surface area contributed by atoms with E-state index in [1.54, 1.807) is 0 Å². The molecule has 2 aromatic rings. The second-order valence-electron chi connectivity index (χ2n) is 4.67. The summed E-state index contributed by atoms with van der Waals surface area (Å²) in [6.45, 7) is 0. The summed E-state index contributed by atoms with van der Waals surface area (Å²) in [4.78, 5) is 0. The lowest BCUT2D eigenvalue weighted by Crippen LogP contribution is -2.03. The second kappa shape index (κ2) is 4.69. The average molecular weight is 239 g/mol. The highest BCUT2D eigenvalue weighted by Crippen LogP contribution is 2.31. The molecule has 1 aromatic heterocycles. The number of nitrogens with two attached hydrogens (primary N) is 1. The van der Waals surface area contributed by atoms with Crippen LogP contribution in [0.25, 0.3) is 11.3 Å². The lowest BCUT2D eigenvalue weighted by Gasteiger charge is -2.12. The van der Waals surface area contributed by atoms with Gasteiger partial charge in [0.1, 0.15) is 5.82 Å². The van der Waals surface area contributed by atoms with Gasteiger partial charge in [0.2, 0.25) is 0 Å². The molecule has 3 rings (SSSR count). The predicted octanol–water partition coefficient (Wildman–Crippen LogP) is 3.41. The number of hydrogen-bond donors (Lipinski definition) is 1. The van der Waals surface area contributed by atoms with E-state index in [4.69, 9.17) is 5.73 Å². The van der Waals surface area contributed by atoms with E-state index in [2.05, 4.69) is 11.2 Å². The summed E-state index contributed by atoms with van der Waals surface area (Å²) >= 11 is 0. The highest BCUT2D eigenvalue weighted by atomic mass is 15.3. The topological polar surface area (TPSA) is 43.8 Å². The van der Waals surface area contributed by atoms with E-state index in [9.17, 15) is 0 Å². The zero-order valence-electron chi connectivity index (χ0n) is 10.3. The third-order valence-electron chi connectivity index (χ3n) is 3.44. The summed E-state index contributed by atoms with van der Waals surface area (Å²) in [6, 6.07) is 10.0. The van der Waals surface area contributed by atoms with Gasteiger partial charge in [0.05, 0.1) is 11.9 Å². The van der Waals surface area contributed by atoms with Crippen LogP contribution < -0.4 is 5.73 Å². The lowest BCUT2D eigenvalue weighted by atomic mass is 9.95. The van der Waals surface area contributed by atoms with Crippen molar-refractivity contribution in [3.8, 4) is 5.69 Å². The quantitative estimate of drug-likeness (QED) is 0.872. The van der Waals surface area contributed by atoms with Crippen LogP contribution in [-0.2, 0) is 0 Å². The van der Waals surface area contributed by atoms with Gasteiger partial charge in [-0.15, -0.1) is 0 Å². The molecule has 1 aliphatic rings.